The number of rotatable bonds is 10. The van der Waals surface area contributed by atoms with Crippen molar-refractivity contribution in [1.82, 2.24) is 0 Å². The summed E-state index contributed by atoms with van der Waals surface area (Å²) in [5.74, 6) is 0. The fraction of sp³-hybridized carbons (Fsp3) is 0.200. The third kappa shape index (κ3) is 8.16. The molecule has 0 aliphatic carbocycles. The predicted octanol–water partition coefficient (Wildman–Crippen LogP) is 14.9. The number of para-hydroxylation sites is 2. The fourth-order valence-electron chi connectivity index (χ4n) is 9.47. The van der Waals surface area contributed by atoms with Gasteiger partial charge in [-0.25, -0.2) is 0 Å². The highest BCUT2D eigenvalue weighted by molar-refractivity contribution is 7.25. The molecule has 6 nitrogen and oxygen atoms in total. The first-order valence-electron chi connectivity index (χ1n) is 23.9. The zero-order valence-electron chi connectivity index (χ0n) is 40.6. The third-order valence-corrected chi connectivity index (χ3v) is 15.9. The molecule has 8 aromatic carbocycles. The molecule has 0 amide bonds. The molecule has 2 aliphatic rings. The van der Waals surface area contributed by atoms with E-state index in [1.165, 1.54) is 20.2 Å². The molecule has 11 rings (SSSR count). The van der Waals surface area contributed by atoms with Crippen LogP contribution in [0.5, 0.6) is 0 Å². The van der Waals surface area contributed by atoms with E-state index in [0.717, 1.165) is 67.3 Å². The molecular weight excluding hydrogens is 866 g/mol. The van der Waals surface area contributed by atoms with Crippen molar-refractivity contribution in [3.8, 4) is 22.3 Å². The minimum atomic E-state index is -0.455. The quantitative estimate of drug-likeness (QED) is 0.127. The van der Waals surface area contributed by atoms with Crippen molar-refractivity contribution < 1.29 is 18.6 Å². The van der Waals surface area contributed by atoms with E-state index in [1.807, 2.05) is 11.3 Å². The number of fused-ring (bicyclic) bond motifs is 3. The zero-order chi connectivity index (χ0) is 47.7. The molecule has 0 radical (unpaired) electrons. The second kappa shape index (κ2) is 17.2. The molecule has 3 heterocycles. The van der Waals surface area contributed by atoms with Gasteiger partial charge in [-0.15, -0.1) is 11.3 Å². The molecule has 0 unspecified atom stereocenters. The van der Waals surface area contributed by atoms with Gasteiger partial charge in [-0.3, -0.25) is 0 Å². The van der Waals surface area contributed by atoms with Crippen LogP contribution >= 0.6 is 11.3 Å². The first-order valence-corrected chi connectivity index (χ1v) is 24.7. The van der Waals surface area contributed by atoms with Gasteiger partial charge in [0.05, 0.1) is 33.8 Å². The first-order chi connectivity index (χ1) is 33.2. The molecular formula is C60H56B2N2O4S. The molecule has 69 heavy (non-hydrogen) atoms. The Hall–Kier alpha value is -6.45. The fourth-order valence-corrected chi connectivity index (χ4v) is 10.5. The Kier molecular flexibility index (Phi) is 11.2. The van der Waals surface area contributed by atoms with Crippen molar-refractivity contribution in [2.75, 3.05) is 9.80 Å². The number of anilines is 6. The van der Waals surface area contributed by atoms with Gasteiger partial charge in [0, 0.05) is 54.0 Å². The van der Waals surface area contributed by atoms with Crippen LogP contribution in [0.1, 0.15) is 55.4 Å². The second-order valence-electron chi connectivity index (χ2n) is 20.3. The molecule has 9 aromatic rings. The van der Waals surface area contributed by atoms with Crippen molar-refractivity contribution >= 4 is 90.8 Å². The molecule has 2 saturated heterocycles. The highest BCUT2D eigenvalue weighted by Crippen LogP contribution is 2.47. The third-order valence-electron chi connectivity index (χ3n) is 14.8. The van der Waals surface area contributed by atoms with Crippen molar-refractivity contribution in [3.63, 3.8) is 0 Å². The van der Waals surface area contributed by atoms with E-state index < -0.39 is 36.6 Å². The summed E-state index contributed by atoms with van der Waals surface area (Å²) in [4.78, 5) is 4.76. The molecule has 2 fully saturated rings. The largest absolute Gasteiger partial charge is 0.494 e. The monoisotopic (exact) mass is 922 g/mol. The maximum atomic E-state index is 6.48. The Bertz CT molecular complexity index is 3070. The van der Waals surface area contributed by atoms with Gasteiger partial charge in [0.25, 0.3) is 0 Å². The maximum Gasteiger partial charge on any atom is 0.494 e. The normalized spacial score (nSPS) is 16.9. The SMILES string of the molecule is CC1(C)OB(c2ccc(N(c3ccc4sc5ccc(N(c6ccc(B7OC(C)(C)C(C)(C)O7)cc6)c6ccccc6-c6ccccc6)cc5c4c3)c3ccccc3-c3ccccc3)cc2)OC1(C)C. The molecule has 9 heteroatoms. The standard InChI is InChI=1S/C60H56B2N2O4S/c1-57(2)58(3,4)66-61(65-57)43-27-31-45(32-28-43)63(53-25-17-15-23-49(53)41-19-11-9-12-20-41)47-35-37-55-51(39-47)52-40-48(36-38-56(52)69-55)64(54-26-18-16-24-50(54)42-21-13-10-14-22-42)46-33-29-44(30-34-46)62-67-59(5,6)60(7,8)68-62/h9-40H,1-8H3. The Morgan fingerprint density at radius 3 is 1.03 bits per heavy atom. The summed E-state index contributed by atoms with van der Waals surface area (Å²) in [5, 5.41) is 2.38. The lowest BCUT2D eigenvalue weighted by Gasteiger charge is -2.32. The molecule has 1 aromatic heterocycles. The van der Waals surface area contributed by atoms with E-state index in [4.69, 9.17) is 18.6 Å². The smallest absolute Gasteiger partial charge is 0.399 e. The average Bonchev–Trinajstić information content (AvgIpc) is 3.91. The molecule has 0 bridgehead atoms. The van der Waals surface area contributed by atoms with Crippen LogP contribution in [0.2, 0.25) is 0 Å². The zero-order valence-corrected chi connectivity index (χ0v) is 41.4. The van der Waals surface area contributed by atoms with Gasteiger partial charge in [0.1, 0.15) is 0 Å². The van der Waals surface area contributed by atoms with Crippen LogP contribution in [-0.4, -0.2) is 36.6 Å². The van der Waals surface area contributed by atoms with Gasteiger partial charge >= 0.3 is 14.2 Å². The summed E-state index contributed by atoms with van der Waals surface area (Å²) in [6, 6.07) is 69.8. The van der Waals surface area contributed by atoms with Gasteiger partial charge in [-0.1, -0.05) is 121 Å². The van der Waals surface area contributed by atoms with E-state index in [1.54, 1.807) is 0 Å². The molecule has 0 spiro atoms. The lowest BCUT2D eigenvalue weighted by Crippen LogP contribution is -2.41. The summed E-state index contributed by atoms with van der Waals surface area (Å²) in [6.45, 7) is 16.8. The van der Waals surface area contributed by atoms with Crippen LogP contribution in [0.25, 0.3) is 42.4 Å². The van der Waals surface area contributed by atoms with Gasteiger partial charge in [0.15, 0.2) is 0 Å². The van der Waals surface area contributed by atoms with Crippen molar-refractivity contribution in [2.24, 2.45) is 0 Å². The van der Waals surface area contributed by atoms with E-state index >= 15 is 0 Å². The number of hydrogen-bond acceptors (Lipinski definition) is 7. The molecule has 0 saturated carbocycles. The van der Waals surface area contributed by atoms with Crippen LogP contribution in [0.4, 0.5) is 34.1 Å². The first kappa shape index (κ1) is 45.0. The van der Waals surface area contributed by atoms with Crippen LogP contribution < -0.4 is 20.7 Å². The Balaban J connectivity index is 1.04. The van der Waals surface area contributed by atoms with Gasteiger partial charge in [-0.05, 0) is 150 Å². The van der Waals surface area contributed by atoms with Gasteiger partial charge in [0.2, 0.25) is 0 Å². The van der Waals surface area contributed by atoms with Gasteiger partial charge < -0.3 is 28.4 Å². The number of hydrogen-bond donors (Lipinski definition) is 0. The highest BCUT2D eigenvalue weighted by Gasteiger charge is 2.52. The molecule has 342 valence electrons. The number of thiophene rings is 1. The molecule has 0 N–H and O–H groups in total. The lowest BCUT2D eigenvalue weighted by atomic mass is 9.79. The summed E-state index contributed by atoms with van der Waals surface area (Å²) in [5.41, 5.74) is 11.2. The number of benzene rings is 8. The van der Waals surface area contributed by atoms with E-state index in [9.17, 15) is 0 Å². The Labute approximate surface area is 411 Å². The lowest BCUT2D eigenvalue weighted by molar-refractivity contribution is 0.00578. The minimum Gasteiger partial charge on any atom is -0.399 e. The molecule has 0 atom stereocenters. The summed E-state index contributed by atoms with van der Waals surface area (Å²) >= 11 is 1.82. The summed E-state index contributed by atoms with van der Waals surface area (Å²) < 4.78 is 28.4. The summed E-state index contributed by atoms with van der Waals surface area (Å²) in [6.07, 6.45) is 0. The summed E-state index contributed by atoms with van der Waals surface area (Å²) in [7, 11) is -0.909. The topological polar surface area (TPSA) is 43.4 Å². The number of nitrogens with zero attached hydrogens (tertiary/aromatic N) is 2. The Morgan fingerprint density at radius 1 is 0.348 bits per heavy atom. The van der Waals surface area contributed by atoms with E-state index in [-0.39, 0.29) is 0 Å². The molecule has 2 aliphatic heterocycles. The highest BCUT2D eigenvalue weighted by atomic mass is 32.1. The van der Waals surface area contributed by atoms with Crippen LogP contribution in [0.3, 0.4) is 0 Å². The maximum absolute atomic E-state index is 6.48. The van der Waals surface area contributed by atoms with Crippen LogP contribution in [0, 0.1) is 0 Å². The second-order valence-corrected chi connectivity index (χ2v) is 21.3. The Morgan fingerprint density at radius 2 is 0.667 bits per heavy atom. The van der Waals surface area contributed by atoms with Gasteiger partial charge in [-0.2, -0.15) is 0 Å². The van der Waals surface area contributed by atoms with E-state index in [0.29, 0.717) is 0 Å². The predicted molar refractivity (Wildman–Crippen MR) is 291 cm³/mol. The van der Waals surface area contributed by atoms with Crippen molar-refractivity contribution in [2.45, 2.75) is 77.8 Å². The van der Waals surface area contributed by atoms with E-state index in [2.05, 4.69) is 259 Å². The average molecular weight is 923 g/mol. The minimum absolute atomic E-state index is 0.433. The van der Waals surface area contributed by atoms with Crippen molar-refractivity contribution in [1.29, 1.82) is 0 Å². The van der Waals surface area contributed by atoms with Crippen LogP contribution in [-0.2, 0) is 18.6 Å². The van der Waals surface area contributed by atoms with Crippen LogP contribution in [0.15, 0.2) is 194 Å². The van der Waals surface area contributed by atoms with Crippen molar-refractivity contribution in [3.05, 3.63) is 194 Å².